The Morgan fingerprint density at radius 1 is 0.875 bits per heavy atom. The van der Waals surface area contributed by atoms with E-state index in [4.69, 9.17) is 14.2 Å². The zero-order chi connectivity index (χ0) is 29.3. The molecule has 5 unspecified atom stereocenters. The SMILES string of the molecule is CCOC(=O)C1OC1/C(C)=C/CC/C(C)=C/CC(/C=C(\C)CC/C=C(\C)C1OC1CC)S(=O)(=O)c1ccccc1. The molecular weight excluding hydrogens is 524 g/mol. The Labute approximate surface area is 241 Å². The molecule has 0 saturated carbocycles. The van der Waals surface area contributed by atoms with Crippen LogP contribution in [0.5, 0.6) is 0 Å². The Bertz CT molecular complexity index is 1220. The number of hydrogen-bond acceptors (Lipinski definition) is 6. The number of benzene rings is 1. The second-order valence-corrected chi connectivity index (χ2v) is 13.1. The van der Waals surface area contributed by atoms with Crippen molar-refractivity contribution in [3.63, 3.8) is 0 Å². The Kier molecular flexibility index (Phi) is 12.0. The molecule has 1 aromatic carbocycles. The Balaban J connectivity index is 1.62. The monoisotopic (exact) mass is 570 g/mol. The summed E-state index contributed by atoms with van der Waals surface area (Å²) in [6, 6.07) is 8.71. The minimum absolute atomic E-state index is 0.194. The first-order valence-corrected chi connectivity index (χ1v) is 16.1. The number of esters is 1. The minimum atomic E-state index is -3.53. The molecule has 3 rings (SSSR count). The third-order valence-electron chi connectivity index (χ3n) is 7.54. The van der Waals surface area contributed by atoms with E-state index in [1.54, 1.807) is 31.2 Å². The lowest BCUT2D eigenvalue weighted by molar-refractivity contribution is -0.144. The molecule has 0 bridgehead atoms. The summed E-state index contributed by atoms with van der Waals surface area (Å²) in [6.07, 6.45) is 12.9. The normalized spacial score (nSPS) is 24.6. The maximum Gasteiger partial charge on any atom is 0.338 e. The van der Waals surface area contributed by atoms with Gasteiger partial charge in [0.05, 0.1) is 22.9 Å². The second kappa shape index (κ2) is 14.9. The smallest absolute Gasteiger partial charge is 0.338 e. The summed E-state index contributed by atoms with van der Waals surface area (Å²) in [7, 11) is -3.53. The van der Waals surface area contributed by atoms with Gasteiger partial charge in [-0.15, -0.1) is 0 Å². The maximum atomic E-state index is 13.6. The first kappa shape index (κ1) is 32.0. The molecule has 7 heteroatoms. The highest BCUT2D eigenvalue weighted by Gasteiger charge is 2.47. The summed E-state index contributed by atoms with van der Waals surface area (Å²) in [4.78, 5) is 12.2. The van der Waals surface area contributed by atoms with Crippen molar-refractivity contribution in [3.05, 3.63) is 76.9 Å². The molecule has 2 aliphatic rings. The van der Waals surface area contributed by atoms with Gasteiger partial charge in [0.15, 0.2) is 15.9 Å². The van der Waals surface area contributed by atoms with Crippen molar-refractivity contribution < 1.29 is 27.4 Å². The van der Waals surface area contributed by atoms with Crippen LogP contribution in [0.15, 0.2) is 81.8 Å². The fraction of sp³-hybridized carbons (Fsp3) is 0.545. The summed E-state index contributed by atoms with van der Waals surface area (Å²) in [5.41, 5.74) is 4.50. The van der Waals surface area contributed by atoms with Crippen LogP contribution in [-0.2, 0) is 28.8 Å². The van der Waals surface area contributed by atoms with Crippen molar-refractivity contribution in [1.82, 2.24) is 0 Å². The lowest BCUT2D eigenvalue weighted by Gasteiger charge is -2.15. The maximum absolute atomic E-state index is 13.6. The van der Waals surface area contributed by atoms with Gasteiger partial charge < -0.3 is 14.2 Å². The summed E-state index contributed by atoms with van der Waals surface area (Å²) >= 11 is 0. The van der Waals surface area contributed by atoms with E-state index < -0.39 is 21.2 Å². The summed E-state index contributed by atoms with van der Waals surface area (Å²) in [5.74, 6) is -0.307. The average molecular weight is 571 g/mol. The predicted molar refractivity (Wildman–Crippen MR) is 160 cm³/mol. The van der Waals surface area contributed by atoms with E-state index in [1.165, 1.54) is 5.57 Å². The zero-order valence-corrected chi connectivity index (χ0v) is 25.7. The second-order valence-electron chi connectivity index (χ2n) is 10.9. The molecule has 0 aromatic heterocycles. The fourth-order valence-corrected chi connectivity index (χ4v) is 6.54. The molecule has 40 heavy (non-hydrogen) atoms. The summed E-state index contributed by atoms with van der Waals surface area (Å²) < 4.78 is 43.3. The van der Waals surface area contributed by atoms with Crippen molar-refractivity contribution >= 4 is 15.8 Å². The highest BCUT2D eigenvalue weighted by Crippen LogP contribution is 2.32. The predicted octanol–water partition coefficient (Wildman–Crippen LogP) is 7.07. The number of ether oxygens (including phenoxy) is 3. The van der Waals surface area contributed by atoms with E-state index in [0.717, 1.165) is 48.8 Å². The van der Waals surface area contributed by atoms with E-state index in [0.29, 0.717) is 24.0 Å². The molecule has 5 atom stereocenters. The largest absolute Gasteiger partial charge is 0.464 e. The lowest BCUT2D eigenvalue weighted by Crippen LogP contribution is -2.19. The topological polar surface area (TPSA) is 85.5 Å². The number of allylic oxidation sites excluding steroid dienone is 5. The lowest BCUT2D eigenvalue weighted by atomic mass is 10.0. The van der Waals surface area contributed by atoms with E-state index in [1.807, 2.05) is 39.0 Å². The van der Waals surface area contributed by atoms with Gasteiger partial charge in [0.25, 0.3) is 0 Å². The highest BCUT2D eigenvalue weighted by molar-refractivity contribution is 7.92. The fourth-order valence-electron chi connectivity index (χ4n) is 4.89. The summed E-state index contributed by atoms with van der Waals surface area (Å²) in [5, 5.41) is -0.631. The molecule has 0 spiro atoms. The van der Waals surface area contributed by atoms with Crippen LogP contribution in [0.1, 0.15) is 80.1 Å². The molecular formula is C33H46O6S. The number of carbonyl (C=O) groups is 1. The minimum Gasteiger partial charge on any atom is -0.464 e. The summed E-state index contributed by atoms with van der Waals surface area (Å²) in [6.45, 7) is 12.4. The molecule has 220 valence electrons. The molecule has 2 saturated heterocycles. The average Bonchev–Trinajstić information content (AvgIpc) is 3.85. The van der Waals surface area contributed by atoms with Crippen LogP contribution in [0.3, 0.4) is 0 Å². The molecule has 0 amide bonds. The molecule has 2 aliphatic heterocycles. The van der Waals surface area contributed by atoms with Gasteiger partial charge in [-0.25, -0.2) is 13.2 Å². The molecule has 0 N–H and O–H groups in total. The van der Waals surface area contributed by atoms with Gasteiger partial charge in [-0.2, -0.15) is 0 Å². The first-order valence-electron chi connectivity index (χ1n) is 14.5. The molecule has 2 fully saturated rings. The van der Waals surface area contributed by atoms with Crippen molar-refractivity contribution in [3.8, 4) is 0 Å². The number of hydrogen-bond donors (Lipinski definition) is 0. The van der Waals surface area contributed by atoms with Crippen molar-refractivity contribution in [2.45, 2.75) is 115 Å². The number of rotatable bonds is 16. The Hall–Kier alpha value is -2.48. The van der Waals surface area contributed by atoms with Gasteiger partial charge in [-0.3, -0.25) is 0 Å². The first-order chi connectivity index (χ1) is 19.1. The van der Waals surface area contributed by atoms with Gasteiger partial charge in [0.2, 0.25) is 0 Å². The van der Waals surface area contributed by atoms with Crippen LogP contribution in [0.2, 0.25) is 0 Å². The Morgan fingerprint density at radius 3 is 2.10 bits per heavy atom. The van der Waals surface area contributed by atoms with Gasteiger partial charge in [0.1, 0.15) is 12.2 Å². The van der Waals surface area contributed by atoms with Crippen molar-refractivity contribution in [1.29, 1.82) is 0 Å². The highest BCUT2D eigenvalue weighted by atomic mass is 32.2. The third-order valence-corrected chi connectivity index (χ3v) is 9.60. The van der Waals surface area contributed by atoms with E-state index in [9.17, 15) is 13.2 Å². The van der Waals surface area contributed by atoms with E-state index in [2.05, 4.69) is 26.0 Å². The number of sulfone groups is 1. The number of carbonyl (C=O) groups excluding carboxylic acids is 1. The van der Waals surface area contributed by atoms with Crippen molar-refractivity contribution in [2.75, 3.05) is 6.61 Å². The van der Waals surface area contributed by atoms with Crippen molar-refractivity contribution in [2.24, 2.45) is 0 Å². The van der Waals surface area contributed by atoms with Gasteiger partial charge in [-0.1, -0.05) is 60.6 Å². The van der Waals surface area contributed by atoms with E-state index >= 15 is 0 Å². The van der Waals surface area contributed by atoms with Crippen LogP contribution in [0.25, 0.3) is 0 Å². The molecule has 0 aliphatic carbocycles. The van der Waals surface area contributed by atoms with Crippen LogP contribution in [0, 0.1) is 0 Å². The van der Waals surface area contributed by atoms with Gasteiger partial charge in [0, 0.05) is 0 Å². The molecule has 0 radical (unpaired) electrons. The molecule has 6 nitrogen and oxygen atoms in total. The van der Waals surface area contributed by atoms with E-state index in [-0.39, 0.29) is 18.2 Å². The Morgan fingerprint density at radius 2 is 1.50 bits per heavy atom. The molecule has 2 heterocycles. The zero-order valence-electron chi connectivity index (χ0n) is 24.9. The third kappa shape index (κ3) is 9.28. The standard InChI is InChI=1S/C33H46O6S/c1-7-29-30(38-29)25(5)16-13-15-24(4)22-28(40(35,36)27-18-10-9-11-19-27)21-20-23(3)14-12-17-26(6)31-32(39-31)33(34)37-8-2/h9-11,16-20,22,28-32H,7-8,12-15,21H2,1-6H3/b23-20+,24-22+,25-16+,26-17+. The van der Waals surface area contributed by atoms with Crippen LogP contribution in [0.4, 0.5) is 0 Å². The van der Waals surface area contributed by atoms with Crippen LogP contribution >= 0.6 is 0 Å². The van der Waals surface area contributed by atoms with Gasteiger partial charge in [-0.05, 0) is 96.4 Å². The number of epoxide rings is 2. The van der Waals surface area contributed by atoms with Crippen LogP contribution < -0.4 is 0 Å². The van der Waals surface area contributed by atoms with Gasteiger partial charge >= 0.3 is 5.97 Å². The molecule has 1 aromatic rings. The van der Waals surface area contributed by atoms with Crippen LogP contribution in [-0.4, -0.2) is 50.7 Å². The quantitative estimate of drug-likeness (QED) is 0.120.